The Balaban J connectivity index is 2.06. The van der Waals surface area contributed by atoms with E-state index in [1.807, 2.05) is 0 Å². The number of nitrogens with one attached hydrogen (secondary N) is 2. The fraction of sp³-hybridized carbons (Fsp3) is 0.158. The van der Waals surface area contributed by atoms with Gasteiger partial charge in [-0.15, -0.1) is 6.58 Å². The predicted octanol–water partition coefficient (Wildman–Crippen LogP) is 3.64. The molecular weight excluding hydrogens is 361 g/mol. The molecule has 27 heavy (non-hydrogen) atoms. The first-order chi connectivity index (χ1) is 12.8. The lowest BCUT2D eigenvalue weighted by atomic mass is 10.1. The summed E-state index contributed by atoms with van der Waals surface area (Å²) in [5.41, 5.74) is -0.540. The molecule has 0 aliphatic carbocycles. The van der Waals surface area contributed by atoms with Crippen LogP contribution >= 0.6 is 0 Å². The minimum Gasteiger partial charge on any atom is -0.483 e. The summed E-state index contributed by atoms with van der Waals surface area (Å²) in [6.45, 7) is 3.10. The van der Waals surface area contributed by atoms with Crippen LogP contribution in [-0.4, -0.2) is 25.0 Å². The molecular formula is C19H17F3N2O3. The van der Waals surface area contributed by atoms with Crippen molar-refractivity contribution in [3.8, 4) is 5.75 Å². The first-order valence-corrected chi connectivity index (χ1v) is 7.90. The van der Waals surface area contributed by atoms with Crippen LogP contribution in [0.15, 0.2) is 61.2 Å². The van der Waals surface area contributed by atoms with Gasteiger partial charge in [-0.1, -0.05) is 30.3 Å². The van der Waals surface area contributed by atoms with Crippen LogP contribution in [0.1, 0.15) is 15.9 Å². The molecule has 5 nitrogen and oxygen atoms in total. The second-order valence-electron chi connectivity index (χ2n) is 5.38. The summed E-state index contributed by atoms with van der Waals surface area (Å²) in [7, 11) is 0. The lowest BCUT2D eigenvalue weighted by Crippen LogP contribution is -2.26. The maximum Gasteiger partial charge on any atom is 0.419 e. The van der Waals surface area contributed by atoms with Crippen molar-refractivity contribution in [2.24, 2.45) is 0 Å². The number of para-hydroxylation sites is 2. The van der Waals surface area contributed by atoms with Crippen LogP contribution < -0.4 is 15.4 Å². The molecule has 0 bridgehead atoms. The highest BCUT2D eigenvalue weighted by atomic mass is 19.4. The molecule has 0 heterocycles. The summed E-state index contributed by atoms with van der Waals surface area (Å²) in [4.78, 5) is 24.1. The Morgan fingerprint density at radius 1 is 1.07 bits per heavy atom. The van der Waals surface area contributed by atoms with Crippen molar-refractivity contribution in [3.63, 3.8) is 0 Å². The molecule has 0 saturated heterocycles. The number of alkyl halides is 3. The predicted molar refractivity (Wildman–Crippen MR) is 94.5 cm³/mol. The summed E-state index contributed by atoms with van der Waals surface area (Å²) in [5.74, 6) is -1.57. The monoisotopic (exact) mass is 378 g/mol. The van der Waals surface area contributed by atoms with Crippen molar-refractivity contribution >= 4 is 17.5 Å². The van der Waals surface area contributed by atoms with Gasteiger partial charge in [0.1, 0.15) is 5.75 Å². The fourth-order valence-corrected chi connectivity index (χ4v) is 2.21. The Hall–Kier alpha value is -3.29. The number of amides is 2. The molecule has 0 aromatic heterocycles. The molecule has 2 amide bonds. The molecule has 0 fully saturated rings. The molecule has 2 aromatic rings. The van der Waals surface area contributed by atoms with Gasteiger partial charge in [-0.25, -0.2) is 0 Å². The van der Waals surface area contributed by atoms with Crippen LogP contribution in [-0.2, 0) is 11.0 Å². The quantitative estimate of drug-likeness (QED) is 0.723. The summed E-state index contributed by atoms with van der Waals surface area (Å²) in [6, 6.07) is 10.8. The molecule has 2 rings (SSSR count). The maximum absolute atomic E-state index is 12.9. The number of ether oxygens (including phenoxy) is 1. The van der Waals surface area contributed by atoms with E-state index in [4.69, 9.17) is 4.74 Å². The van der Waals surface area contributed by atoms with Crippen LogP contribution in [0.25, 0.3) is 0 Å². The number of carbonyl (C=O) groups is 2. The molecule has 0 aliphatic rings. The van der Waals surface area contributed by atoms with Crippen LogP contribution in [0.2, 0.25) is 0 Å². The second kappa shape index (κ2) is 8.88. The maximum atomic E-state index is 12.9. The zero-order valence-corrected chi connectivity index (χ0v) is 14.2. The van der Waals surface area contributed by atoms with Crippen LogP contribution in [0.3, 0.4) is 0 Å². The molecule has 2 N–H and O–H groups in total. The van der Waals surface area contributed by atoms with E-state index in [2.05, 4.69) is 17.2 Å². The van der Waals surface area contributed by atoms with Crippen LogP contribution in [0.4, 0.5) is 18.9 Å². The fourth-order valence-electron chi connectivity index (χ4n) is 2.21. The Kier molecular flexibility index (Phi) is 6.59. The van der Waals surface area contributed by atoms with Crippen molar-refractivity contribution in [1.29, 1.82) is 0 Å². The summed E-state index contributed by atoms with van der Waals surface area (Å²) >= 11 is 0. The normalized spacial score (nSPS) is 10.8. The number of halogens is 3. The smallest absolute Gasteiger partial charge is 0.419 e. The molecule has 142 valence electrons. The number of carbonyl (C=O) groups excluding carboxylic acids is 2. The first kappa shape index (κ1) is 20.0. The van der Waals surface area contributed by atoms with Gasteiger partial charge >= 0.3 is 6.18 Å². The second-order valence-corrected chi connectivity index (χ2v) is 5.38. The number of hydrogen-bond donors (Lipinski definition) is 2. The van der Waals surface area contributed by atoms with Gasteiger partial charge in [0.2, 0.25) is 0 Å². The van der Waals surface area contributed by atoms with Gasteiger partial charge < -0.3 is 15.4 Å². The highest BCUT2D eigenvalue weighted by molar-refractivity contribution is 6.04. The van der Waals surface area contributed by atoms with E-state index in [0.717, 1.165) is 12.1 Å². The van der Waals surface area contributed by atoms with Gasteiger partial charge in [-0.3, -0.25) is 9.59 Å². The molecule has 0 radical (unpaired) electrons. The Bertz CT molecular complexity index is 835. The standard InChI is InChI=1S/C19H17F3N2O3/c1-2-11-23-18(26)13-7-3-5-9-15(13)24-17(25)12-27-16-10-6-4-8-14(16)19(20,21)22/h2-10H,1,11-12H2,(H,23,26)(H,24,25). The van der Waals surface area contributed by atoms with Crippen molar-refractivity contribution in [2.45, 2.75) is 6.18 Å². The van der Waals surface area contributed by atoms with Gasteiger partial charge in [0, 0.05) is 6.54 Å². The molecule has 2 aromatic carbocycles. The molecule has 8 heteroatoms. The number of rotatable bonds is 7. The van der Waals surface area contributed by atoms with E-state index in [1.54, 1.807) is 12.1 Å². The lowest BCUT2D eigenvalue weighted by molar-refractivity contribution is -0.139. The third kappa shape index (κ3) is 5.60. The summed E-state index contributed by atoms with van der Waals surface area (Å²) in [6.07, 6.45) is -3.09. The number of hydrogen-bond acceptors (Lipinski definition) is 3. The Labute approximate surface area is 153 Å². The molecule has 0 spiro atoms. The topological polar surface area (TPSA) is 67.4 Å². The average molecular weight is 378 g/mol. The van der Waals surface area contributed by atoms with Gasteiger partial charge in [0.15, 0.2) is 6.61 Å². The molecule has 0 saturated carbocycles. The SMILES string of the molecule is C=CCNC(=O)c1ccccc1NC(=O)COc1ccccc1C(F)(F)F. The minimum absolute atomic E-state index is 0.211. The number of anilines is 1. The first-order valence-electron chi connectivity index (χ1n) is 7.90. The Morgan fingerprint density at radius 3 is 2.44 bits per heavy atom. The zero-order chi connectivity index (χ0) is 19.9. The van der Waals surface area contributed by atoms with E-state index in [0.29, 0.717) is 0 Å². The van der Waals surface area contributed by atoms with Crippen molar-refractivity contribution in [1.82, 2.24) is 5.32 Å². The van der Waals surface area contributed by atoms with Crippen LogP contribution in [0, 0.1) is 0 Å². The van der Waals surface area contributed by atoms with Gasteiger partial charge in [-0.2, -0.15) is 13.2 Å². The summed E-state index contributed by atoms with van der Waals surface area (Å²) in [5, 5.41) is 5.04. The van der Waals surface area contributed by atoms with Crippen LogP contribution in [0.5, 0.6) is 5.75 Å². The zero-order valence-electron chi connectivity index (χ0n) is 14.2. The van der Waals surface area contributed by atoms with E-state index in [-0.39, 0.29) is 17.8 Å². The third-order valence-corrected chi connectivity index (χ3v) is 3.40. The molecule has 0 aliphatic heterocycles. The number of benzene rings is 2. The highest BCUT2D eigenvalue weighted by Gasteiger charge is 2.34. The van der Waals surface area contributed by atoms with Crippen molar-refractivity contribution in [3.05, 3.63) is 72.3 Å². The highest BCUT2D eigenvalue weighted by Crippen LogP contribution is 2.35. The van der Waals surface area contributed by atoms with Gasteiger partial charge in [0.05, 0.1) is 16.8 Å². The summed E-state index contributed by atoms with van der Waals surface area (Å²) < 4.78 is 43.8. The van der Waals surface area contributed by atoms with Crippen molar-refractivity contribution in [2.75, 3.05) is 18.5 Å². The molecule has 0 atom stereocenters. The average Bonchev–Trinajstić information content (AvgIpc) is 2.64. The van der Waals surface area contributed by atoms with E-state index in [1.165, 1.54) is 30.3 Å². The minimum atomic E-state index is -4.59. The third-order valence-electron chi connectivity index (χ3n) is 3.40. The lowest BCUT2D eigenvalue weighted by Gasteiger charge is -2.14. The van der Waals surface area contributed by atoms with E-state index in [9.17, 15) is 22.8 Å². The van der Waals surface area contributed by atoms with Gasteiger partial charge in [0.25, 0.3) is 11.8 Å². The largest absolute Gasteiger partial charge is 0.483 e. The van der Waals surface area contributed by atoms with E-state index >= 15 is 0 Å². The van der Waals surface area contributed by atoms with Crippen molar-refractivity contribution < 1.29 is 27.5 Å². The molecule has 0 unspecified atom stereocenters. The Morgan fingerprint density at radius 2 is 1.74 bits per heavy atom. The van der Waals surface area contributed by atoms with Gasteiger partial charge in [-0.05, 0) is 24.3 Å². The van der Waals surface area contributed by atoms with E-state index < -0.39 is 35.9 Å².